The minimum Gasteiger partial charge on any atom is -0.324 e. The van der Waals surface area contributed by atoms with Crippen LogP contribution in [0.15, 0.2) is 36.4 Å². The average Bonchev–Trinajstić information content (AvgIpc) is 2.37. The minimum atomic E-state index is -0.541. The van der Waals surface area contributed by atoms with Crippen molar-refractivity contribution in [2.75, 3.05) is 0 Å². The zero-order valence-electron chi connectivity index (χ0n) is 9.84. The van der Waals surface area contributed by atoms with E-state index in [1.54, 1.807) is 6.07 Å². The summed E-state index contributed by atoms with van der Waals surface area (Å²) in [5.41, 5.74) is 6.90. The van der Waals surface area contributed by atoms with Crippen LogP contribution in [0, 0.1) is 11.6 Å². The molecule has 100 valence electrons. The third-order valence-corrected chi connectivity index (χ3v) is 3.36. The van der Waals surface area contributed by atoms with E-state index in [9.17, 15) is 8.78 Å². The molecule has 2 rings (SSSR count). The van der Waals surface area contributed by atoms with Gasteiger partial charge in [-0.3, -0.25) is 0 Å². The number of halogens is 4. The molecule has 0 saturated heterocycles. The third-order valence-electron chi connectivity index (χ3n) is 2.82. The Bertz CT molecular complexity index is 602. The van der Waals surface area contributed by atoms with Crippen LogP contribution in [0.25, 0.3) is 0 Å². The summed E-state index contributed by atoms with van der Waals surface area (Å²) in [4.78, 5) is 0. The number of nitrogens with two attached hydrogens (primary N) is 1. The Morgan fingerprint density at radius 3 is 2.42 bits per heavy atom. The molecule has 5 heteroatoms. The van der Waals surface area contributed by atoms with E-state index in [0.29, 0.717) is 16.1 Å². The molecule has 0 saturated carbocycles. The zero-order valence-corrected chi connectivity index (χ0v) is 11.3. The molecule has 1 unspecified atom stereocenters. The SMILES string of the molecule is NC(Cc1cc(Cl)ccc1F)c1ccc(Cl)c(F)c1. The van der Waals surface area contributed by atoms with Crippen molar-refractivity contribution < 1.29 is 8.78 Å². The van der Waals surface area contributed by atoms with Gasteiger partial charge in [0, 0.05) is 11.1 Å². The van der Waals surface area contributed by atoms with E-state index >= 15 is 0 Å². The molecule has 0 radical (unpaired) electrons. The van der Waals surface area contributed by atoms with Gasteiger partial charge >= 0.3 is 0 Å². The zero-order chi connectivity index (χ0) is 14.0. The van der Waals surface area contributed by atoms with Crippen molar-refractivity contribution >= 4 is 23.2 Å². The van der Waals surface area contributed by atoms with Crippen molar-refractivity contribution in [1.82, 2.24) is 0 Å². The molecular formula is C14H11Cl2F2N. The van der Waals surface area contributed by atoms with Gasteiger partial charge in [0.25, 0.3) is 0 Å². The lowest BCUT2D eigenvalue weighted by molar-refractivity contribution is 0.589. The second-order valence-corrected chi connectivity index (χ2v) is 5.06. The van der Waals surface area contributed by atoms with Crippen molar-refractivity contribution in [3.63, 3.8) is 0 Å². The Morgan fingerprint density at radius 2 is 1.74 bits per heavy atom. The molecule has 0 spiro atoms. The van der Waals surface area contributed by atoms with Gasteiger partial charge in [-0.2, -0.15) is 0 Å². The molecule has 0 aliphatic rings. The van der Waals surface area contributed by atoms with Gasteiger partial charge in [0.2, 0.25) is 0 Å². The summed E-state index contributed by atoms with van der Waals surface area (Å²) in [6.45, 7) is 0. The Kier molecular flexibility index (Phi) is 4.40. The molecule has 0 fully saturated rings. The molecule has 2 aromatic rings. The van der Waals surface area contributed by atoms with Crippen molar-refractivity contribution in [2.45, 2.75) is 12.5 Å². The lowest BCUT2D eigenvalue weighted by atomic mass is 9.99. The summed E-state index contributed by atoms with van der Waals surface area (Å²) in [6.07, 6.45) is 0.230. The lowest BCUT2D eigenvalue weighted by Gasteiger charge is -2.13. The molecule has 0 aliphatic carbocycles. The van der Waals surface area contributed by atoms with Crippen molar-refractivity contribution in [3.8, 4) is 0 Å². The van der Waals surface area contributed by atoms with Gasteiger partial charge in [0.1, 0.15) is 11.6 Å². The summed E-state index contributed by atoms with van der Waals surface area (Å²) in [6, 6.07) is 8.05. The smallest absolute Gasteiger partial charge is 0.142 e. The molecular weight excluding hydrogens is 291 g/mol. The van der Waals surface area contributed by atoms with Crippen molar-refractivity contribution in [3.05, 3.63) is 69.2 Å². The fourth-order valence-electron chi connectivity index (χ4n) is 1.80. The molecule has 0 aromatic heterocycles. The summed E-state index contributed by atoms with van der Waals surface area (Å²) in [5.74, 6) is -0.921. The first-order valence-electron chi connectivity index (χ1n) is 5.62. The van der Waals surface area contributed by atoms with Crippen LogP contribution in [0.5, 0.6) is 0 Å². The first-order valence-corrected chi connectivity index (χ1v) is 6.37. The van der Waals surface area contributed by atoms with E-state index in [-0.39, 0.29) is 17.3 Å². The number of rotatable bonds is 3. The Morgan fingerprint density at radius 1 is 1.00 bits per heavy atom. The number of benzene rings is 2. The molecule has 0 aliphatic heterocycles. The molecule has 2 aromatic carbocycles. The highest BCUT2D eigenvalue weighted by Gasteiger charge is 2.12. The molecule has 0 bridgehead atoms. The monoisotopic (exact) mass is 301 g/mol. The third kappa shape index (κ3) is 3.44. The van der Waals surface area contributed by atoms with Crippen LogP contribution in [0.1, 0.15) is 17.2 Å². The predicted molar refractivity (Wildman–Crippen MR) is 73.5 cm³/mol. The Balaban J connectivity index is 2.22. The highest BCUT2D eigenvalue weighted by molar-refractivity contribution is 6.31. The normalized spacial score (nSPS) is 12.5. The van der Waals surface area contributed by atoms with Crippen LogP contribution in [0.3, 0.4) is 0 Å². The summed E-state index contributed by atoms with van der Waals surface area (Å²) < 4.78 is 26.9. The number of hydrogen-bond donors (Lipinski definition) is 1. The lowest BCUT2D eigenvalue weighted by Crippen LogP contribution is -2.14. The van der Waals surface area contributed by atoms with Gasteiger partial charge in [-0.1, -0.05) is 29.3 Å². The van der Waals surface area contributed by atoms with Gasteiger partial charge in [-0.05, 0) is 47.9 Å². The molecule has 2 N–H and O–H groups in total. The summed E-state index contributed by atoms with van der Waals surface area (Å²) in [5, 5.41) is 0.468. The van der Waals surface area contributed by atoms with Crippen molar-refractivity contribution in [2.24, 2.45) is 5.73 Å². The van der Waals surface area contributed by atoms with Gasteiger partial charge in [0.15, 0.2) is 0 Å². The topological polar surface area (TPSA) is 26.0 Å². The van der Waals surface area contributed by atoms with Crippen molar-refractivity contribution in [1.29, 1.82) is 0 Å². The van der Waals surface area contributed by atoms with Crippen LogP contribution in [0.4, 0.5) is 8.78 Å². The highest BCUT2D eigenvalue weighted by Crippen LogP contribution is 2.24. The van der Waals surface area contributed by atoms with Gasteiger partial charge in [0.05, 0.1) is 5.02 Å². The Labute approximate surface area is 119 Å². The van der Waals surface area contributed by atoms with E-state index < -0.39 is 11.9 Å². The maximum absolute atomic E-state index is 13.6. The van der Waals surface area contributed by atoms with Crippen LogP contribution < -0.4 is 5.73 Å². The highest BCUT2D eigenvalue weighted by atomic mass is 35.5. The molecule has 19 heavy (non-hydrogen) atoms. The second-order valence-electron chi connectivity index (χ2n) is 4.22. The van der Waals surface area contributed by atoms with Crippen LogP contribution in [-0.2, 0) is 6.42 Å². The van der Waals surface area contributed by atoms with E-state index in [1.807, 2.05) is 0 Å². The molecule has 0 amide bonds. The van der Waals surface area contributed by atoms with E-state index in [2.05, 4.69) is 0 Å². The summed E-state index contributed by atoms with van der Waals surface area (Å²) in [7, 11) is 0. The first kappa shape index (κ1) is 14.3. The van der Waals surface area contributed by atoms with Gasteiger partial charge in [-0.25, -0.2) is 8.78 Å². The summed E-state index contributed by atoms with van der Waals surface area (Å²) >= 11 is 11.4. The Hall–Kier alpha value is -1.16. The van der Waals surface area contributed by atoms with Gasteiger partial charge in [-0.15, -0.1) is 0 Å². The van der Waals surface area contributed by atoms with Gasteiger partial charge < -0.3 is 5.73 Å². The standard InChI is InChI=1S/C14H11Cl2F2N/c15-10-2-4-12(17)9(5-10)7-14(19)8-1-3-11(16)13(18)6-8/h1-6,14H,7,19H2. The van der Waals surface area contributed by atoms with Crippen LogP contribution in [-0.4, -0.2) is 0 Å². The van der Waals surface area contributed by atoms with Crippen LogP contribution in [0.2, 0.25) is 10.0 Å². The minimum absolute atomic E-state index is 0.0323. The maximum atomic E-state index is 13.6. The fourth-order valence-corrected chi connectivity index (χ4v) is 2.11. The average molecular weight is 302 g/mol. The van der Waals surface area contributed by atoms with E-state index in [1.165, 1.54) is 30.3 Å². The fraction of sp³-hybridized carbons (Fsp3) is 0.143. The predicted octanol–water partition coefficient (Wildman–Crippen LogP) is 4.51. The number of hydrogen-bond acceptors (Lipinski definition) is 1. The molecule has 1 atom stereocenters. The largest absolute Gasteiger partial charge is 0.324 e. The first-order chi connectivity index (χ1) is 8.97. The van der Waals surface area contributed by atoms with E-state index in [0.717, 1.165) is 0 Å². The second kappa shape index (κ2) is 5.87. The quantitative estimate of drug-likeness (QED) is 0.886. The molecule has 0 heterocycles. The van der Waals surface area contributed by atoms with Crippen LogP contribution >= 0.6 is 23.2 Å². The van der Waals surface area contributed by atoms with E-state index in [4.69, 9.17) is 28.9 Å². The molecule has 1 nitrogen and oxygen atoms in total. The maximum Gasteiger partial charge on any atom is 0.142 e.